The molecule has 1 saturated carbocycles. The Bertz CT molecular complexity index is 461. The van der Waals surface area contributed by atoms with Crippen molar-refractivity contribution in [3.8, 4) is 0 Å². The van der Waals surface area contributed by atoms with Crippen molar-refractivity contribution in [2.75, 3.05) is 12.3 Å². The third-order valence-corrected chi connectivity index (χ3v) is 4.07. The summed E-state index contributed by atoms with van der Waals surface area (Å²) in [6.07, 6.45) is 4.95. The predicted molar refractivity (Wildman–Crippen MR) is 74.3 cm³/mol. The molecular formula is C15H21FN2O. The van der Waals surface area contributed by atoms with Crippen LogP contribution in [0.1, 0.15) is 43.0 Å². The summed E-state index contributed by atoms with van der Waals surface area (Å²) in [5.74, 6) is 0.546. The van der Waals surface area contributed by atoms with Crippen molar-refractivity contribution in [3.05, 3.63) is 29.6 Å². The Labute approximate surface area is 113 Å². The van der Waals surface area contributed by atoms with Gasteiger partial charge in [-0.25, -0.2) is 4.39 Å². The number of halogens is 1. The molecule has 2 rings (SSSR count). The van der Waals surface area contributed by atoms with Crippen molar-refractivity contribution >= 4 is 11.6 Å². The molecule has 1 fully saturated rings. The number of hydrogen-bond acceptors (Lipinski definition) is 2. The molecule has 3 N–H and O–H groups in total. The van der Waals surface area contributed by atoms with Crippen LogP contribution >= 0.6 is 0 Å². The highest BCUT2D eigenvalue weighted by Crippen LogP contribution is 2.28. The molecule has 104 valence electrons. The van der Waals surface area contributed by atoms with E-state index in [0.29, 0.717) is 23.9 Å². The predicted octanol–water partition coefficient (Wildman–Crippen LogP) is 2.96. The molecule has 0 aliphatic heterocycles. The van der Waals surface area contributed by atoms with Crippen molar-refractivity contribution in [1.29, 1.82) is 0 Å². The molecule has 2 atom stereocenters. The highest BCUT2D eigenvalue weighted by atomic mass is 19.1. The quantitative estimate of drug-likeness (QED) is 0.825. The molecule has 2 unspecified atom stereocenters. The smallest absolute Gasteiger partial charge is 0.251 e. The van der Waals surface area contributed by atoms with Crippen LogP contribution in [0.5, 0.6) is 0 Å². The van der Waals surface area contributed by atoms with Gasteiger partial charge in [-0.3, -0.25) is 4.79 Å². The van der Waals surface area contributed by atoms with Gasteiger partial charge in [-0.15, -0.1) is 0 Å². The number of carbonyl (C=O) groups is 1. The van der Waals surface area contributed by atoms with E-state index in [-0.39, 0.29) is 11.6 Å². The lowest BCUT2D eigenvalue weighted by Crippen LogP contribution is -2.33. The minimum absolute atomic E-state index is 0.0127. The van der Waals surface area contributed by atoms with E-state index >= 15 is 0 Å². The Morgan fingerprint density at radius 2 is 2.16 bits per heavy atom. The lowest BCUT2D eigenvalue weighted by molar-refractivity contribution is 0.0936. The molecule has 0 aromatic heterocycles. The maximum absolute atomic E-state index is 13.0. The topological polar surface area (TPSA) is 55.1 Å². The van der Waals surface area contributed by atoms with Crippen LogP contribution in [0.3, 0.4) is 0 Å². The molecule has 4 heteroatoms. The third-order valence-electron chi connectivity index (χ3n) is 4.07. The van der Waals surface area contributed by atoms with Crippen molar-refractivity contribution < 1.29 is 9.18 Å². The first-order valence-electron chi connectivity index (χ1n) is 6.91. The fraction of sp³-hybridized carbons (Fsp3) is 0.533. The highest BCUT2D eigenvalue weighted by Gasteiger charge is 2.21. The van der Waals surface area contributed by atoms with E-state index in [1.54, 1.807) is 0 Å². The molecule has 0 saturated heterocycles. The summed E-state index contributed by atoms with van der Waals surface area (Å²) < 4.78 is 13.0. The highest BCUT2D eigenvalue weighted by molar-refractivity contribution is 5.95. The van der Waals surface area contributed by atoms with Crippen molar-refractivity contribution in [1.82, 2.24) is 5.32 Å². The summed E-state index contributed by atoms with van der Waals surface area (Å²) in [7, 11) is 0. The SMILES string of the molecule is CC1CCCCC1CNC(=O)c1ccc(F)c(N)c1. The van der Waals surface area contributed by atoms with E-state index in [2.05, 4.69) is 12.2 Å². The van der Waals surface area contributed by atoms with Crippen LogP contribution in [0.4, 0.5) is 10.1 Å². The van der Waals surface area contributed by atoms with Crippen molar-refractivity contribution in [2.24, 2.45) is 11.8 Å². The molecule has 1 aliphatic carbocycles. The number of anilines is 1. The second-order valence-corrected chi connectivity index (χ2v) is 5.47. The second kappa shape index (κ2) is 6.04. The maximum Gasteiger partial charge on any atom is 0.251 e. The number of hydrogen-bond donors (Lipinski definition) is 2. The molecule has 0 bridgehead atoms. The van der Waals surface area contributed by atoms with Crippen LogP contribution < -0.4 is 11.1 Å². The van der Waals surface area contributed by atoms with Crippen LogP contribution in [-0.4, -0.2) is 12.5 Å². The van der Waals surface area contributed by atoms with Gasteiger partial charge in [0.05, 0.1) is 5.69 Å². The largest absolute Gasteiger partial charge is 0.396 e. The third kappa shape index (κ3) is 3.46. The van der Waals surface area contributed by atoms with E-state index in [0.717, 1.165) is 0 Å². The fourth-order valence-electron chi connectivity index (χ4n) is 2.71. The van der Waals surface area contributed by atoms with Gasteiger partial charge in [-0.2, -0.15) is 0 Å². The van der Waals surface area contributed by atoms with Crippen LogP contribution in [0.15, 0.2) is 18.2 Å². The summed E-state index contributed by atoms with van der Waals surface area (Å²) >= 11 is 0. The lowest BCUT2D eigenvalue weighted by Gasteiger charge is -2.28. The first-order valence-corrected chi connectivity index (χ1v) is 6.91. The van der Waals surface area contributed by atoms with Crippen LogP contribution in [0, 0.1) is 17.7 Å². The number of amides is 1. The van der Waals surface area contributed by atoms with E-state index < -0.39 is 5.82 Å². The molecule has 19 heavy (non-hydrogen) atoms. The van der Waals surface area contributed by atoms with Gasteiger partial charge in [0.15, 0.2) is 0 Å². The molecule has 3 nitrogen and oxygen atoms in total. The van der Waals surface area contributed by atoms with Gasteiger partial charge in [0.2, 0.25) is 0 Å². The van der Waals surface area contributed by atoms with Gasteiger partial charge in [0.1, 0.15) is 5.82 Å². The zero-order chi connectivity index (χ0) is 13.8. The Morgan fingerprint density at radius 3 is 2.84 bits per heavy atom. The Hall–Kier alpha value is -1.58. The van der Waals surface area contributed by atoms with Gasteiger partial charge in [0, 0.05) is 12.1 Å². The van der Waals surface area contributed by atoms with Gasteiger partial charge in [0.25, 0.3) is 5.91 Å². The summed E-state index contributed by atoms with van der Waals surface area (Å²) in [5.41, 5.74) is 5.90. The normalized spacial score (nSPS) is 23.1. The summed E-state index contributed by atoms with van der Waals surface area (Å²) in [4.78, 5) is 12.0. The zero-order valence-electron chi connectivity index (χ0n) is 11.3. The molecular weight excluding hydrogens is 243 g/mol. The molecule has 1 amide bonds. The van der Waals surface area contributed by atoms with Crippen molar-refractivity contribution in [3.63, 3.8) is 0 Å². The average Bonchev–Trinajstić information content (AvgIpc) is 2.40. The fourth-order valence-corrected chi connectivity index (χ4v) is 2.71. The van der Waals surface area contributed by atoms with Gasteiger partial charge < -0.3 is 11.1 Å². The van der Waals surface area contributed by atoms with Crippen LogP contribution in [0.2, 0.25) is 0 Å². The number of nitrogens with one attached hydrogen (secondary N) is 1. The first-order chi connectivity index (χ1) is 9.08. The van der Waals surface area contributed by atoms with Crippen molar-refractivity contribution in [2.45, 2.75) is 32.6 Å². The summed E-state index contributed by atoms with van der Waals surface area (Å²) in [6, 6.07) is 4.08. The average molecular weight is 264 g/mol. The Kier molecular flexibility index (Phi) is 4.40. The molecule has 1 aromatic rings. The number of nitrogens with two attached hydrogens (primary N) is 1. The molecule has 0 radical (unpaired) electrons. The first kappa shape index (κ1) is 13.8. The molecule has 1 aliphatic rings. The number of carbonyl (C=O) groups excluding carboxylic acids is 1. The van der Waals surface area contributed by atoms with E-state index in [4.69, 9.17) is 5.73 Å². The number of rotatable bonds is 3. The van der Waals surface area contributed by atoms with Crippen LogP contribution in [0.25, 0.3) is 0 Å². The standard InChI is InChI=1S/C15H21FN2O/c1-10-4-2-3-5-12(10)9-18-15(19)11-6-7-13(16)14(17)8-11/h6-8,10,12H,2-5,9,17H2,1H3,(H,18,19). The van der Waals surface area contributed by atoms with Gasteiger partial charge >= 0.3 is 0 Å². The van der Waals surface area contributed by atoms with E-state index in [1.807, 2.05) is 0 Å². The van der Waals surface area contributed by atoms with E-state index in [9.17, 15) is 9.18 Å². The van der Waals surface area contributed by atoms with Gasteiger partial charge in [-0.1, -0.05) is 26.2 Å². The Balaban J connectivity index is 1.91. The maximum atomic E-state index is 13.0. The van der Waals surface area contributed by atoms with Crippen LogP contribution in [-0.2, 0) is 0 Å². The molecule has 0 heterocycles. The number of nitrogen functional groups attached to an aromatic ring is 1. The Morgan fingerprint density at radius 1 is 1.42 bits per heavy atom. The molecule has 1 aromatic carbocycles. The summed E-state index contributed by atoms with van der Waals surface area (Å²) in [5, 5.41) is 2.93. The van der Waals surface area contributed by atoms with Gasteiger partial charge in [-0.05, 0) is 36.5 Å². The minimum atomic E-state index is -0.488. The molecule has 0 spiro atoms. The lowest BCUT2D eigenvalue weighted by atomic mass is 9.80. The monoisotopic (exact) mass is 264 g/mol. The summed E-state index contributed by atoms with van der Waals surface area (Å²) in [6.45, 7) is 2.93. The zero-order valence-corrected chi connectivity index (χ0v) is 11.3. The number of benzene rings is 1. The minimum Gasteiger partial charge on any atom is -0.396 e. The van der Waals surface area contributed by atoms with E-state index in [1.165, 1.54) is 43.9 Å². The second-order valence-electron chi connectivity index (χ2n) is 5.47.